The number of carbonyl (C=O) groups excluding carboxylic acids is 1. The molecule has 7 heteroatoms. The fourth-order valence-electron chi connectivity index (χ4n) is 4.14. The average Bonchev–Trinajstić information content (AvgIpc) is 3.35. The normalized spacial score (nSPS) is 18.9. The Morgan fingerprint density at radius 3 is 2.48 bits per heavy atom. The van der Waals surface area contributed by atoms with E-state index in [1.165, 1.54) is 31.2 Å². The van der Waals surface area contributed by atoms with Crippen molar-refractivity contribution in [2.75, 3.05) is 26.2 Å². The lowest BCUT2D eigenvalue weighted by Gasteiger charge is -2.34. The molecule has 1 amide bonds. The summed E-state index contributed by atoms with van der Waals surface area (Å²) in [5.74, 6) is 1.80. The van der Waals surface area contributed by atoms with Crippen molar-refractivity contribution in [1.29, 1.82) is 0 Å². The second-order valence-corrected chi connectivity index (χ2v) is 7.85. The van der Waals surface area contributed by atoms with Crippen molar-refractivity contribution in [3.8, 4) is 5.69 Å². The molecule has 0 atom stereocenters. The van der Waals surface area contributed by atoms with Gasteiger partial charge in [-0.2, -0.15) is 4.68 Å². The Balaban J connectivity index is 1.31. The lowest BCUT2D eigenvalue weighted by molar-refractivity contribution is -0.134. The maximum atomic E-state index is 12.5. The standard InChI is InChI=1S/C20H28N6O/c1-16-6-8-18(9-7-16)26-19(21-22-23-26)15-24-10-12-25(13-11-24)20(27)14-17-4-2-3-5-17/h6-9,17H,2-5,10-15H2,1H3. The van der Waals surface area contributed by atoms with Gasteiger partial charge in [0.05, 0.1) is 12.2 Å². The van der Waals surface area contributed by atoms with Crippen LogP contribution in [-0.2, 0) is 11.3 Å². The first-order chi connectivity index (χ1) is 13.2. The Hall–Kier alpha value is -2.28. The second kappa shape index (κ2) is 8.17. The van der Waals surface area contributed by atoms with Gasteiger partial charge in [-0.1, -0.05) is 30.5 Å². The summed E-state index contributed by atoms with van der Waals surface area (Å²) in [4.78, 5) is 16.9. The Morgan fingerprint density at radius 2 is 1.78 bits per heavy atom. The number of carbonyl (C=O) groups is 1. The molecule has 0 spiro atoms. The molecule has 27 heavy (non-hydrogen) atoms. The van der Waals surface area contributed by atoms with Crippen LogP contribution in [0.2, 0.25) is 0 Å². The Kier molecular flexibility index (Phi) is 5.48. The van der Waals surface area contributed by atoms with Gasteiger partial charge in [-0.3, -0.25) is 9.69 Å². The van der Waals surface area contributed by atoms with Gasteiger partial charge >= 0.3 is 0 Å². The molecule has 4 rings (SSSR count). The third-order valence-corrected chi connectivity index (χ3v) is 5.84. The van der Waals surface area contributed by atoms with Gasteiger partial charge in [-0.25, -0.2) is 0 Å². The van der Waals surface area contributed by atoms with E-state index in [9.17, 15) is 4.79 Å². The van der Waals surface area contributed by atoms with Crippen LogP contribution in [-0.4, -0.2) is 62.1 Å². The summed E-state index contributed by atoms with van der Waals surface area (Å²) in [5, 5.41) is 12.2. The van der Waals surface area contributed by atoms with E-state index in [2.05, 4.69) is 39.5 Å². The van der Waals surface area contributed by atoms with Gasteiger partial charge < -0.3 is 4.90 Å². The van der Waals surface area contributed by atoms with Gasteiger partial charge in [-0.15, -0.1) is 5.10 Å². The maximum Gasteiger partial charge on any atom is 0.222 e. The molecule has 2 aliphatic rings. The first kappa shape index (κ1) is 18.1. The van der Waals surface area contributed by atoms with Crippen molar-refractivity contribution < 1.29 is 4.79 Å². The number of piperazine rings is 1. The minimum atomic E-state index is 0.339. The van der Waals surface area contributed by atoms with E-state index in [0.29, 0.717) is 18.4 Å². The summed E-state index contributed by atoms with van der Waals surface area (Å²) < 4.78 is 1.80. The molecule has 1 saturated heterocycles. The molecule has 2 aromatic rings. The summed E-state index contributed by atoms with van der Waals surface area (Å²) >= 11 is 0. The van der Waals surface area contributed by atoms with E-state index in [4.69, 9.17) is 0 Å². The Morgan fingerprint density at radius 1 is 1.07 bits per heavy atom. The van der Waals surface area contributed by atoms with Crippen LogP contribution in [0.4, 0.5) is 0 Å². The van der Waals surface area contributed by atoms with Crippen LogP contribution in [0.1, 0.15) is 43.5 Å². The smallest absolute Gasteiger partial charge is 0.222 e. The molecule has 1 aliphatic carbocycles. The van der Waals surface area contributed by atoms with Crippen molar-refractivity contribution in [2.45, 2.75) is 45.6 Å². The van der Waals surface area contributed by atoms with Crippen LogP contribution in [0.15, 0.2) is 24.3 Å². The quantitative estimate of drug-likeness (QED) is 0.809. The molecular weight excluding hydrogens is 340 g/mol. The minimum absolute atomic E-state index is 0.339. The number of hydrogen-bond donors (Lipinski definition) is 0. The average molecular weight is 368 g/mol. The van der Waals surface area contributed by atoms with Gasteiger partial charge in [0.25, 0.3) is 0 Å². The Labute approximate surface area is 160 Å². The second-order valence-electron chi connectivity index (χ2n) is 7.85. The first-order valence-electron chi connectivity index (χ1n) is 10.0. The van der Waals surface area contributed by atoms with Gasteiger partial charge in [0, 0.05) is 32.6 Å². The van der Waals surface area contributed by atoms with E-state index in [1.54, 1.807) is 4.68 Å². The van der Waals surface area contributed by atoms with Crippen LogP contribution in [0.5, 0.6) is 0 Å². The number of nitrogens with zero attached hydrogens (tertiary/aromatic N) is 6. The molecule has 2 heterocycles. The number of rotatable bonds is 5. The van der Waals surface area contributed by atoms with Crippen LogP contribution in [0.25, 0.3) is 5.69 Å². The van der Waals surface area contributed by atoms with Crippen molar-refractivity contribution >= 4 is 5.91 Å². The lowest BCUT2D eigenvalue weighted by Crippen LogP contribution is -2.48. The van der Waals surface area contributed by atoms with E-state index < -0.39 is 0 Å². The van der Waals surface area contributed by atoms with Gasteiger partial charge in [0.1, 0.15) is 0 Å². The highest BCUT2D eigenvalue weighted by Crippen LogP contribution is 2.28. The number of amides is 1. The van der Waals surface area contributed by atoms with E-state index in [1.807, 2.05) is 17.0 Å². The fraction of sp³-hybridized carbons (Fsp3) is 0.600. The predicted octanol–water partition coefficient (Wildman–Crippen LogP) is 2.20. The van der Waals surface area contributed by atoms with Crippen molar-refractivity contribution in [1.82, 2.24) is 30.0 Å². The monoisotopic (exact) mass is 368 g/mol. The molecule has 1 aliphatic heterocycles. The van der Waals surface area contributed by atoms with Crippen molar-refractivity contribution in [3.05, 3.63) is 35.7 Å². The number of aromatic nitrogens is 4. The molecular formula is C20H28N6O. The van der Waals surface area contributed by atoms with E-state index in [0.717, 1.165) is 44.1 Å². The maximum absolute atomic E-state index is 12.5. The number of aryl methyl sites for hydroxylation is 1. The van der Waals surface area contributed by atoms with Gasteiger partial charge in [0.15, 0.2) is 5.82 Å². The molecule has 7 nitrogen and oxygen atoms in total. The highest BCUT2D eigenvalue weighted by molar-refractivity contribution is 5.76. The number of tetrazole rings is 1. The van der Waals surface area contributed by atoms with Crippen LogP contribution < -0.4 is 0 Å². The third kappa shape index (κ3) is 4.35. The molecule has 2 fully saturated rings. The summed E-state index contributed by atoms with van der Waals surface area (Å²) in [5.41, 5.74) is 2.19. The zero-order valence-electron chi connectivity index (χ0n) is 16.0. The van der Waals surface area contributed by atoms with Crippen LogP contribution in [0, 0.1) is 12.8 Å². The minimum Gasteiger partial charge on any atom is -0.340 e. The van der Waals surface area contributed by atoms with Crippen LogP contribution in [0.3, 0.4) is 0 Å². The zero-order chi connectivity index (χ0) is 18.6. The molecule has 1 aromatic carbocycles. The third-order valence-electron chi connectivity index (χ3n) is 5.84. The van der Waals surface area contributed by atoms with Crippen molar-refractivity contribution in [2.24, 2.45) is 5.92 Å². The summed E-state index contributed by atoms with van der Waals surface area (Å²) in [6, 6.07) is 8.20. The summed E-state index contributed by atoms with van der Waals surface area (Å²) in [6.45, 7) is 6.12. The highest BCUT2D eigenvalue weighted by atomic mass is 16.2. The molecule has 0 N–H and O–H groups in total. The van der Waals surface area contributed by atoms with Gasteiger partial charge in [0.2, 0.25) is 5.91 Å². The molecule has 1 saturated carbocycles. The predicted molar refractivity (Wildman–Crippen MR) is 102 cm³/mol. The number of hydrogen-bond acceptors (Lipinski definition) is 5. The largest absolute Gasteiger partial charge is 0.340 e. The molecule has 0 bridgehead atoms. The van der Waals surface area contributed by atoms with Crippen molar-refractivity contribution in [3.63, 3.8) is 0 Å². The van der Waals surface area contributed by atoms with Crippen LogP contribution >= 0.6 is 0 Å². The highest BCUT2D eigenvalue weighted by Gasteiger charge is 2.25. The molecule has 144 valence electrons. The number of benzene rings is 1. The molecule has 0 radical (unpaired) electrons. The summed E-state index contributed by atoms with van der Waals surface area (Å²) in [6.07, 6.45) is 5.79. The molecule has 1 aromatic heterocycles. The van der Waals surface area contributed by atoms with E-state index >= 15 is 0 Å². The topological polar surface area (TPSA) is 67.2 Å². The lowest BCUT2D eigenvalue weighted by atomic mass is 10.0. The van der Waals surface area contributed by atoms with Gasteiger partial charge in [-0.05, 0) is 48.2 Å². The zero-order valence-corrected chi connectivity index (χ0v) is 16.0. The SMILES string of the molecule is Cc1ccc(-n2nnnc2CN2CCN(C(=O)CC3CCCC3)CC2)cc1. The Bertz CT molecular complexity index is 757. The molecule has 0 unspecified atom stereocenters. The summed E-state index contributed by atoms with van der Waals surface area (Å²) in [7, 11) is 0. The first-order valence-corrected chi connectivity index (χ1v) is 10.0. The van der Waals surface area contributed by atoms with E-state index in [-0.39, 0.29) is 0 Å². The fourth-order valence-corrected chi connectivity index (χ4v) is 4.14.